The van der Waals surface area contributed by atoms with Gasteiger partial charge in [0.2, 0.25) is 0 Å². The van der Waals surface area contributed by atoms with Gasteiger partial charge in [0.05, 0.1) is 28.5 Å². The molecule has 0 bridgehead atoms. The van der Waals surface area contributed by atoms with E-state index in [4.69, 9.17) is 9.47 Å². The molecule has 7 nitrogen and oxygen atoms in total. The SMILES string of the molecule is CCOC(=O)C1=C(C)N=c2s/c(=C/c3cccc4ccccc34)c(=O)n2[C@@H]1c1ccc(OC(C)=O)cc1. The van der Waals surface area contributed by atoms with Crippen LogP contribution in [-0.4, -0.2) is 23.1 Å². The van der Waals surface area contributed by atoms with Crippen molar-refractivity contribution < 1.29 is 19.1 Å². The quantitative estimate of drug-likeness (QED) is 0.299. The van der Waals surface area contributed by atoms with Crippen LogP contribution in [0.25, 0.3) is 16.8 Å². The number of aromatic nitrogens is 1. The first-order valence-electron chi connectivity index (χ1n) is 11.8. The van der Waals surface area contributed by atoms with E-state index in [1.807, 2.05) is 48.5 Å². The maximum absolute atomic E-state index is 13.8. The fourth-order valence-corrected chi connectivity index (χ4v) is 5.55. The smallest absolute Gasteiger partial charge is 0.338 e. The summed E-state index contributed by atoms with van der Waals surface area (Å²) >= 11 is 1.28. The van der Waals surface area contributed by atoms with Crippen LogP contribution in [0, 0.1) is 0 Å². The Kier molecular flexibility index (Phi) is 6.58. The molecule has 37 heavy (non-hydrogen) atoms. The Bertz CT molecular complexity index is 1740. The van der Waals surface area contributed by atoms with Crippen molar-refractivity contribution in [2.75, 3.05) is 6.61 Å². The molecule has 0 amide bonds. The lowest BCUT2D eigenvalue weighted by Gasteiger charge is -2.24. The average molecular weight is 513 g/mol. The van der Waals surface area contributed by atoms with Gasteiger partial charge in [-0.25, -0.2) is 9.79 Å². The van der Waals surface area contributed by atoms with Crippen molar-refractivity contribution in [2.45, 2.75) is 26.8 Å². The molecule has 0 saturated heterocycles. The summed E-state index contributed by atoms with van der Waals surface area (Å²) in [5.74, 6) is -0.587. The molecular weight excluding hydrogens is 488 g/mol. The van der Waals surface area contributed by atoms with Gasteiger partial charge in [0.1, 0.15) is 5.75 Å². The highest BCUT2D eigenvalue weighted by atomic mass is 32.1. The lowest BCUT2D eigenvalue weighted by Crippen LogP contribution is -2.39. The summed E-state index contributed by atoms with van der Waals surface area (Å²) in [4.78, 5) is 43.3. The Labute approximate surface area is 216 Å². The first kappa shape index (κ1) is 24.4. The number of rotatable bonds is 5. The zero-order valence-corrected chi connectivity index (χ0v) is 21.4. The van der Waals surface area contributed by atoms with E-state index in [-0.39, 0.29) is 12.2 Å². The van der Waals surface area contributed by atoms with Crippen molar-refractivity contribution in [1.82, 2.24) is 4.57 Å². The van der Waals surface area contributed by atoms with Crippen LogP contribution in [0.1, 0.15) is 37.9 Å². The number of ether oxygens (including phenoxy) is 2. The molecule has 2 heterocycles. The first-order valence-corrected chi connectivity index (χ1v) is 12.6. The van der Waals surface area contributed by atoms with Gasteiger partial charge < -0.3 is 9.47 Å². The minimum atomic E-state index is -0.739. The van der Waals surface area contributed by atoms with Crippen LogP contribution in [0.15, 0.2) is 87.8 Å². The zero-order valence-electron chi connectivity index (χ0n) is 20.6. The third-order valence-electron chi connectivity index (χ3n) is 6.08. The molecule has 1 aliphatic rings. The molecule has 0 aliphatic carbocycles. The number of benzene rings is 3. The summed E-state index contributed by atoms with van der Waals surface area (Å²) in [5.41, 5.74) is 2.13. The van der Waals surface area contributed by atoms with Crippen molar-refractivity contribution in [3.05, 3.63) is 109 Å². The second-order valence-corrected chi connectivity index (χ2v) is 9.54. The topological polar surface area (TPSA) is 87.0 Å². The van der Waals surface area contributed by atoms with E-state index in [2.05, 4.69) is 4.99 Å². The number of hydrogen-bond acceptors (Lipinski definition) is 7. The van der Waals surface area contributed by atoms with Gasteiger partial charge in [-0.2, -0.15) is 0 Å². The highest BCUT2D eigenvalue weighted by Gasteiger charge is 2.33. The van der Waals surface area contributed by atoms with Gasteiger partial charge in [0, 0.05) is 6.92 Å². The second-order valence-electron chi connectivity index (χ2n) is 8.53. The molecule has 0 fully saturated rings. The molecule has 1 aromatic heterocycles. The first-order chi connectivity index (χ1) is 17.9. The van der Waals surface area contributed by atoms with E-state index in [0.29, 0.717) is 31.9 Å². The molecule has 5 rings (SSSR count). The standard InChI is InChI=1S/C29H24N2O5S/c1-4-35-28(34)25-17(2)30-29-31(26(25)20-12-14-22(15-13-20)36-18(3)32)27(33)24(37-29)16-21-10-7-9-19-8-5-6-11-23(19)21/h5-16,26H,4H2,1-3H3/b24-16+/t26-/m1/s1. The fraction of sp³-hybridized carbons (Fsp3) is 0.172. The predicted octanol–water partition coefficient (Wildman–Crippen LogP) is 3.88. The van der Waals surface area contributed by atoms with Gasteiger partial charge in [0.15, 0.2) is 4.80 Å². The Balaban J connectivity index is 1.70. The predicted molar refractivity (Wildman–Crippen MR) is 142 cm³/mol. The van der Waals surface area contributed by atoms with Crippen molar-refractivity contribution in [1.29, 1.82) is 0 Å². The van der Waals surface area contributed by atoms with Gasteiger partial charge in [-0.3, -0.25) is 14.2 Å². The summed E-state index contributed by atoms with van der Waals surface area (Å²) in [6.07, 6.45) is 1.87. The van der Waals surface area contributed by atoms with Crippen LogP contribution in [0.5, 0.6) is 5.75 Å². The molecule has 1 atom stereocenters. The van der Waals surface area contributed by atoms with E-state index in [9.17, 15) is 14.4 Å². The monoisotopic (exact) mass is 512 g/mol. The van der Waals surface area contributed by atoms with Crippen molar-refractivity contribution in [3.8, 4) is 5.75 Å². The minimum Gasteiger partial charge on any atom is -0.463 e. The molecule has 4 aromatic rings. The number of carbonyl (C=O) groups excluding carboxylic acids is 2. The lowest BCUT2D eigenvalue weighted by molar-refractivity contribution is -0.139. The Morgan fingerprint density at radius 2 is 1.78 bits per heavy atom. The zero-order chi connectivity index (χ0) is 26.1. The number of allylic oxidation sites excluding steroid dienone is 1. The summed E-state index contributed by atoms with van der Waals surface area (Å²) in [6.45, 7) is 5.00. The maximum Gasteiger partial charge on any atom is 0.338 e. The number of carbonyl (C=O) groups is 2. The molecule has 186 valence electrons. The molecule has 3 aromatic carbocycles. The van der Waals surface area contributed by atoms with E-state index >= 15 is 0 Å². The van der Waals surface area contributed by atoms with Gasteiger partial charge in [-0.15, -0.1) is 0 Å². The van der Waals surface area contributed by atoms with Gasteiger partial charge >= 0.3 is 11.9 Å². The van der Waals surface area contributed by atoms with Crippen LogP contribution in [0.2, 0.25) is 0 Å². The summed E-state index contributed by atoms with van der Waals surface area (Å²) in [6, 6.07) is 20.0. The van der Waals surface area contributed by atoms with Crippen LogP contribution >= 0.6 is 11.3 Å². The second kappa shape index (κ2) is 9.99. The number of thiazole rings is 1. The molecule has 0 spiro atoms. The lowest BCUT2D eigenvalue weighted by atomic mass is 9.96. The number of hydrogen-bond donors (Lipinski definition) is 0. The van der Waals surface area contributed by atoms with E-state index in [0.717, 1.165) is 16.3 Å². The number of esters is 2. The summed E-state index contributed by atoms with van der Waals surface area (Å²) in [5, 5.41) is 2.12. The van der Waals surface area contributed by atoms with Gasteiger partial charge in [-0.1, -0.05) is 65.9 Å². The van der Waals surface area contributed by atoms with Crippen LogP contribution in [0.3, 0.4) is 0 Å². The Morgan fingerprint density at radius 1 is 1.05 bits per heavy atom. The molecule has 1 aliphatic heterocycles. The molecular formula is C29H24N2O5S. The fourth-order valence-electron chi connectivity index (χ4n) is 4.51. The van der Waals surface area contributed by atoms with E-state index in [1.54, 1.807) is 42.7 Å². The van der Waals surface area contributed by atoms with Gasteiger partial charge in [0.25, 0.3) is 5.56 Å². The van der Waals surface area contributed by atoms with Crippen LogP contribution < -0.4 is 19.6 Å². The third kappa shape index (κ3) is 4.63. The normalized spacial score (nSPS) is 15.3. The minimum absolute atomic E-state index is 0.194. The maximum atomic E-state index is 13.8. The van der Waals surface area contributed by atoms with E-state index < -0.39 is 18.0 Å². The Hall–Kier alpha value is -4.30. The van der Waals surface area contributed by atoms with Gasteiger partial charge in [-0.05, 0) is 54.0 Å². The Morgan fingerprint density at radius 3 is 2.51 bits per heavy atom. The van der Waals surface area contributed by atoms with Crippen molar-refractivity contribution >= 4 is 40.1 Å². The molecule has 0 radical (unpaired) electrons. The van der Waals surface area contributed by atoms with Crippen molar-refractivity contribution in [3.63, 3.8) is 0 Å². The highest BCUT2D eigenvalue weighted by molar-refractivity contribution is 7.07. The van der Waals surface area contributed by atoms with E-state index in [1.165, 1.54) is 18.3 Å². The molecule has 0 unspecified atom stereocenters. The summed E-state index contributed by atoms with van der Waals surface area (Å²) in [7, 11) is 0. The molecule has 8 heteroatoms. The van der Waals surface area contributed by atoms with Crippen LogP contribution in [0.4, 0.5) is 0 Å². The van der Waals surface area contributed by atoms with Crippen molar-refractivity contribution in [2.24, 2.45) is 4.99 Å². The molecule has 0 N–H and O–H groups in total. The number of nitrogens with zero attached hydrogens (tertiary/aromatic N) is 2. The summed E-state index contributed by atoms with van der Waals surface area (Å²) < 4.78 is 12.5. The largest absolute Gasteiger partial charge is 0.463 e. The highest BCUT2D eigenvalue weighted by Crippen LogP contribution is 2.31. The third-order valence-corrected chi connectivity index (χ3v) is 7.07. The average Bonchev–Trinajstić information content (AvgIpc) is 3.18. The molecule has 0 saturated carbocycles. The number of fused-ring (bicyclic) bond motifs is 2. The van der Waals surface area contributed by atoms with Crippen LogP contribution in [-0.2, 0) is 14.3 Å².